The van der Waals surface area contributed by atoms with Crippen molar-refractivity contribution >= 4 is 28.8 Å². The summed E-state index contributed by atoms with van der Waals surface area (Å²) >= 11 is 7.70. The van der Waals surface area contributed by atoms with Gasteiger partial charge in [-0.2, -0.15) is 0 Å². The van der Waals surface area contributed by atoms with Gasteiger partial charge >= 0.3 is 0 Å². The monoisotopic (exact) mass is 389 g/mol. The van der Waals surface area contributed by atoms with Gasteiger partial charge in [0.15, 0.2) is 0 Å². The molecule has 136 valence electrons. The van der Waals surface area contributed by atoms with Crippen molar-refractivity contribution < 1.29 is 9.21 Å². The highest BCUT2D eigenvalue weighted by atomic mass is 35.5. The summed E-state index contributed by atoms with van der Waals surface area (Å²) in [6.45, 7) is 6.97. The number of hydrogen-bond donors (Lipinski definition) is 0. The molecule has 26 heavy (non-hydrogen) atoms. The highest BCUT2D eigenvalue weighted by Gasteiger charge is 2.21. The van der Waals surface area contributed by atoms with Crippen LogP contribution in [0.5, 0.6) is 0 Å². The number of hydrogen-bond acceptors (Lipinski definition) is 5. The van der Waals surface area contributed by atoms with Crippen LogP contribution in [0.15, 0.2) is 34.7 Å². The second-order valence-corrected chi connectivity index (χ2v) is 7.72. The molecule has 3 aromatic rings. The second kappa shape index (κ2) is 8.01. The standard InChI is InChI=1S/C19H20ClN3O2S/c1-4-9-23(19(24)16-10-12(2)13(3)26-16)11-17-21-22-18(25-17)14-7-5-6-8-15(14)20/h5-8,10H,4,9,11H2,1-3H3. The molecule has 0 unspecified atom stereocenters. The maximum Gasteiger partial charge on any atom is 0.264 e. The number of carbonyl (C=O) groups is 1. The van der Waals surface area contributed by atoms with E-state index in [4.69, 9.17) is 16.0 Å². The van der Waals surface area contributed by atoms with Crippen LogP contribution in [0.1, 0.15) is 39.3 Å². The number of thiophene rings is 1. The lowest BCUT2D eigenvalue weighted by Crippen LogP contribution is -2.30. The predicted octanol–water partition coefficient (Wildman–Crippen LogP) is 5.12. The van der Waals surface area contributed by atoms with Crippen molar-refractivity contribution in [1.82, 2.24) is 15.1 Å². The van der Waals surface area contributed by atoms with E-state index in [1.54, 1.807) is 11.0 Å². The average Bonchev–Trinajstić information content (AvgIpc) is 3.21. The number of aromatic nitrogens is 2. The Morgan fingerprint density at radius 2 is 2.04 bits per heavy atom. The van der Waals surface area contributed by atoms with Crippen LogP contribution in [0, 0.1) is 13.8 Å². The molecule has 1 aromatic carbocycles. The number of benzene rings is 1. The van der Waals surface area contributed by atoms with Crippen molar-refractivity contribution in [3.63, 3.8) is 0 Å². The third kappa shape index (κ3) is 3.97. The number of rotatable bonds is 6. The maximum absolute atomic E-state index is 12.9. The number of carbonyl (C=O) groups excluding carboxylic acids is 1. The molecule has 0 bridgehead atoms. The molecule has 0 saturated carbocycles. The van der Waals surface area contributed by atoms with Crippen LogP contribution < -0.4 is 0 Å². The summed E-state index contributed by atoms with van der Waals surface area (Å²) in [5.41, 5.74) is 1.82. The quantitative estimate of drug-likeness (QED) is 0.587. The molecule has 3 rings (SSSR count). The van der Waals surface area contributed by atoms with Crippen LogP contribution in [0.2, 0.25) is 5.02 Å². The van der Waals surface area contributed by atoms with Crippen LogP contribution in [-0.2, 0) is 6.54 Å². The number of aryl methyl sites for hydroxylation is 2. The summed E-state index contributed by atoms with van der Waals surface area (Å²) < 4.78 is 5.75. The van der Waals surface area contributed by atoms with Gasteiger partial charge < -0.3 is 9.32 Å². The van der Waals surface area contributed by atoms with Crippen LogP contribution in [0.3, 0.4) is 0 Å². The van der Waals surface area contributed by atoms with Crippen molar-refractivity contribution in [3.05, 3.63) is 56.6 Å². The van der Waals surface area contributed by atoms with E-state index in [-0.39, 0.29) is 12.5 Å². The summed E-state index contributed by atoms with van der Waals surface area (Å²) in [5.74, 6) is 0.745. The van der Waals surface area contributed by atoms with E-state index in [0.717, 1.165) is 21.7 Å². The first kappa shape index (κ1) is 18.6. The lowest BCUT2D eigenvalue weighted by atomic mass is 10.2. The topological polar surface area (TPSA) is 59.2 Å². The van der Waals surface area contributed by atoms with Gasteiger partial charge in [0.25, 0.3) is 5.91 Å². The number of halogens is 1. The lowest BCUT2D eigenvalue weighted by molar-refractivity contribution is 0.0733. The van der Waals surface area contributed by atoms with Gasteiger partial charge in [-0.3, -0.25) is 4.79 Å². The Labute approximate surface area is 161 Å². The number of amides is 1. The normalized spacial score (nSPS) is 10.9. The van der Waals surface area contributed by atoms with E-state index in [1.807, 2.05) is 45.0 Å². The number of nitrogens with zero attached hydrogens (tertiary/aromatic N) is 3. The molecule has 0 radical (unpaired) electrons. The fraction of sp³-hybridized carbons (Fsp3) is 0.316. The zero-order chi connectivity index (χ0) is 18.7. The third-order valence-corrected chi connectivity index (χ3v) is 5.52. The largest absolute Gasteiger partial charge is 0.419 e. The van der Waals surface area contributed by atoms with E-state index < -0.39 is 0 Å². The highest BCUT2D eigenvalue weighted by Crippen LogP contribution is 2.27. The molecule has 5 nitrogen and oxygen atoms in total. The Morgan fingerprint density at radius 1 is 1.27 bits per heavy atom. The van der Waals surface area contributed by atoms with Gasteiger partial charge in [0.2, 0.25) is 11.8 Å². The van der Waals surface area contributed by atoms with E-state index >= 15 is 0 Å². The van der Waals surface area contributed by atoms with Gasteiger partial charge in [-0.25, -0.2) is 0 Å². The molecule has 0 aliphatic carbocycles. The van der Waals surface area contributed by atoms with E-state index in [1.165, 1.54) is 11.3 Å². The van der Waals surface area contributed by atoms with E-state index in [0.29, 0.717) is 28.9 Å². The SMILES string of the molecule is CCCN(Cc1nnc(-c2ccccc2Cl)o1)C(=O)c1cc(C)c(C)s1. The minimum absolute atomic E-state index is 0.00876. The smallest absolute Gasteiger partial charge is 0.264 e. The van der Waals surface area contributed by atoms with Gasteiger partial charge in [0.05, 0.1) is 22.0 Å². The van der Waals surface area contributed by atoms with Crippen LogP contribution >= 0.6 is 22.9 Å². The molecule has 2 heterocycles. The Morgan fingerprint density at radius 3 is 2.69 bits per heavy atom. The summed E-state index contributed by atoms with van der Waals surface area (Å²) in [5, 5.41) is 8.71. The zero-order valence-corrected chi connectivity index (χ0v) is 16.5. The molecular weight excluding hydrogens is 370 g/mol. The molecule has 0 spiro atoms. The van der Waals surface area contributed by atoms with E-state index in [2.05, 4.69) is 10.2 Å². The van der Waals surface area contributed by atoms with Crippen LogP contribution in [0.25, 0.3) is 11.5 Å². The van der Waals surface area contributed by atoms with Crippen LogP contribution in [-0.4, -0.2) is 27.5 Å². The van der Waals surface area contributed by atoms with Crippen molar-refractivity contribution in [2.24, 2.45) is 0 Å². The van der Waals surface area contributed by atoms with E-state index in [9.17, 15) is 4.79 Å². The van der Waals surface area contributed by atoms with Crippen molar-refractivity contribution in [2.45, 2.75) is 33.7 Å². The highest BCUT2D eigenvalue weighted by molar-refractivity contribution is 7.14. The lowest BCUT2D eigenvalue weighted by Gasteiger charge is -2.19. The van der Waals surface area contributed by atoms with Gasteiger partial charge in [-0.05, 0) is 44.0 Å². The Balaban J connectivity index is 1.80. The molecule has 7 heteroatoms. The molecular formula is C19H20ClN3O2S. The van der Waals surface area contributed by atoms with Crippen molar-refractivity contribution in [1.29, 1.82) is 0 Å². The van der Waals surface area contributed by atoms with Crippen LogP contribution in [0.4, 0.5) is 0 Å². The minimum atomic E-state index is -0.00876. The average molecular weight is 390 g/mol. The molecule has 0 saturated heterocycles. The summed E-state index contributed by atoms with van der Waals surface area (Å²) in [4.78, 5) is 16.5. The van der Waals surface area contributed by atoms with Gasteiger partial charge in [-0.15, -0.1) is 21.5 Å². The maximum atomic E-state index is 12.9. The van der Waals surface area contributed by atoms with Crippen molar-refractivity contribution in [3.8, 4) is 11.5 Å². The van der Waals surface area contributed by atoms with Crippen molar-refractivity contribution in [2.75, 3.05) is 6.54 Å². The summed E-state index contributed by atoms with van der Waals surface area (Å²) in [7, 11) is 0. The first-order valence-corrected chi connectivity index (χ1v) is 9.62. The van der Waals surface area contributed by atoms with Gasteiger partial charge in [0, 0.05) is 11.4 Å². The molecule has 0 aliphatic heterocycles. The summed E-state index contributed by atoms with van der Waals surface area (Å²) in [6, 6.07) is 9.24. The Hall–Kier alpha value is -2.18. The molecule has 0 aliphatic rings. The molecule has 0 fully saturated rings. The molecule has 0 N–H and O–H groups in total. The second-order valence-electron chi connectivity index (χ2n) is 6.06. The molecule has 2 aromatic heterocycles. The van der Waals surface area contributed by atoms with Gasteiger partial charge in [-0.1, -0.05) is 30.7 Å². The molecule has 0 atom stereocenters. The predicted molar refractivity (Wildman–Crippen MR) is 104 cm³/mol. The fourth-order valence-corrected chi connectivity index (χ4v) is 3.80. The first-order chi connectivity index (χ1) is 12.5. The fourth-order valence-electron chi connectivity index (χ4n) is 2.58. The first-order valence-electron chi connectivity index (χ1n) is 8.43. The Bertz CT molecular complexity index is 900. The van der Waals surface area contributed by atoms with Gasteiger partial charge in [0.1, 0.15) is 0 Å². The zero-order valence-electron chi connectivity index (χ0n) is 15.0. The minimum Gasteiger partial charge on any atom is -0.419 e. The third-order valence-electron chi connectivity index (χ3n) is 4.05. The Kier molecular flexibility index (Phi) is 5.74. The molecule has 1 amide bonds. The summed E-state index contributed by atoms with van der Waals surface area (Å²) in [6.07, 6.45) is 0.848.